The minimum atomic E-state index is -1.17. The molecule has 1 aliphatic heterocycles. The second-order valence-corrected chi connectivity index (χ2v) is 9.35. The highest BCUT2D eigenvalue weighted by molar-refractivity contribution is 6.34. The van der Waals surface area contributed by atoms with Gasteiger partial charge in [-0.2, -0.15) is 0 Å². The monoisotopic (exact) mass is 503 g/mol. The van der Waals surface area contributed by atoms with Crippen LogP contribution in [0.1, 0.15) is 69.8 Å². The summed E-state index contributed by atoms with van der Waals surface area (Å²) in [6, 6.07) is 25.5. The summed E-state index contributed by atoms with van der Waals surface area (Å²) in [7, 11) is 0. The first-order chi connectivity index (χ1) is 18.3. The zero-order chi connectivity index (χ0) is 27.0. The third-order valence-corrected chi connectivity index (χ3v) is 6.84. The molecule has 1 atom stereocenters. The lowest BCUT2D eigenvalue weighted by Gasteiger charge is -2.20. The van der Waals surface area contributed by atoms with Crippen molar-refractivity contribution < 1.29 is 23.9 Å². The zero-order valence-corrected chi connectivity index (χ0v) is 21.2. The van der Waals surface area contributed by atoms with Crippen LogP contribution in [0.15, 0.2) is 91.0 Å². The number of hydrogen-bond donors (Lipinski definition) is 0. The molecule has 1 aliphatic rings. The van der Waals surface area contributed by atoms with Crippen molar-refractivity contribution in [2.24, 2.45) is 0 Å². The molecule has 0 bridgehead atoms. The van der Waals surface area contributed by atoms with Crippen molar-refractivity contribution in [1.82, 2.24) is 0 Å². The van der Waals surface area contributed by atoms with Crippen molar-refractivity contribution in [3.63, 3.8) is 0 Å². The molecule has 6 nitrogen and oxygen atoms in total. The fourth-order valence-electron chi connectivity index (χ4n) is 4.51. The van der Waals surface area contributed by atoms with Crippen LogP contribution in [-0.4, -0.2) is 23.6 Å². The number of ether oxygens (including phenoxy) is 1. The predicted molar refractivity (Wildman–Crippen MR) is 144 cm³/mol. The average molecular weight is 504 g/mol. The summed E-state index contributed by atoms with van der Waals surface area (Å²) in [6.07, 6.45) is -1.17. The zero-order valence-electron chi connectivity index (χ0n) is 21.2. The first-order valence-electron chi connectivity index (χ1n) is 12.2. The van der Waals surface area contributed by atoms with E-state index in [4.69, 9.17) is 4.74 Å². The third-order valence-electron chi connectivity index (χ3n) is 6.84. The van der Waals surface area contributed by atoms with Gasteiger partial charge >= 0.3 is 5.97 Å². The Labute approximate surface area is 220 Å². The molecule has 0 aliphatic carbocycles. The van der Waals surface area contributed by atoms with E-state index < -0.39 is 23.9 Å². The lowest BCUT2D eigenvalue weighted by molar-refractivity contribution is 0.0280. The first-order valence-corrected chi connectivity index (χ1v) is 12.2. The smallest absolute Gasteiger partial charge is 0.339 e. The Morgan fingerprint density at radius 2 is 1.24 bits per heavy atom. The van der Waals surface area contributed by atoms with E-state index in [9.17, 15) is 19.2 Å². The fraction of sp³-hybridized carbons (Fsp3) is 0.125. The maximum Gasteiger partial charge on any atom is 0.339 e. The van der Waals surface area contributed by atoms with Gasteiger partial charge in [0.2, 0.25) is 5.78 Å². The van der Waals surface area contributed by atoms with E-state index in [1.807, 2.05) is 26.0 Å². The number of amides is 2. The number of nitrogens with zero attached hydrogens (tertiary/aromatic N) is 1. The fourth-order valence-corrected chi connectivity index (χ4v) is 4.51. The number of anilines is 1. The number of benzene rings is 4. The van der Waals surface area contributed by atoms with Gasteiger partial charge in [-0.1, -0.05) is 60.7 Å². The molecular formula is C32H25NO5. The van der Waals surface area contributed by atoms with Crippen molar-refractivity contribution >= 4 is 29.3 Å². The Morgan fingerprint density at radius 1 is 0.658 bits per heavy atom. The number of hydrogen-bond acceptors (Lipinski definition) is 5. The maximum absolute atomic E-state index is 13.5. The van der Waals surface area contributed by atoms with E-state index in [2.05, 4.69) is 0 Å². The highest BCUT2D eigenvalue weighted by Gasteiger charge is 2.37. The SMILES string of the molecule is Cc1ccc(C(=O)[C@@H](OC(=O)c2ccc(C)c(N3C(=O)c4ccccc4C3=O)c2)c2ccccc2)cc1C. The number of ketones is 1. The van der Waals surface area contributed by atoms with Crippen molar-refractivity contribution in [3.8, 4) is 0 Å². The summed E-state index contributed by atoms with van der Waals surface area (Å²) >= 11 is 0. The van der Waals surface area contributed by atoms with Gasteiger partial charge in [0.15, 0.2) is 6.10 Å². The van der Waals surface area contributed by atoms with Gasteiger partial charge in [-0.25, -0.2) is 9.69 Å². The Balaban J connectivity index is 1.48. The summed E-state index contributed by atoms with van der Waals surface area (Å²) < 4.78 is 5.81. The van der Waals surface area contributed by atoms with Crippen LogP contribution in [0, 0.1) is 20.8 Å². The highest BCUT2D eigenvalue weighted by Crippen LogP contribution is 2.32. The molecule has 5 rings (SSSR count). The largest absolute Gasteiger partial charge is 0.445 e. The van der Waals surface area contributed by atoms with Gasteiger partial charge in [0, 0.05) is 11.1 Å². The molecule has 0 fully saturated rings. The van der Waals surface area contributed by atoms with Crippen LogP contribution in [0.5, 0.6) is 0 Å². The topological polar surface area (TPSA) is 80.8 Å². The Morgan fingerprint density at radius 3 is 1.87 bits per heavy atom. The van der Waals surface area contributed by atoms with Crippen molar-refractivity contribution in [2.45, 2.75) is 26.9 Å². The number of carbonyl (C=O) groups is 4. The molecule has 0 saturated heterocycles. The molecule has 4 aromatic carbocycles. The van der Waals surface area contributed by atoms with Crippen molar-refractivity contribution in [1.29, 1.82) is 0 Å². The van der Waals surface area contributed by atoms with E-state index >= 15 is 0 Å². The lowest BCUT2D eigenvalue weighted by atomic mass is 9.97. The molecule has 188 valence electrons. The van der Waals surface area contributed by atoms with Crippen LogP contribution in [-0.2, 0) is 4.74 Å². The molecule has 1 heterocycles. The number of rotatable bonds is 6. The molecule has 4 aromatic rings. The quantitative estimate of drug-likeness (QED) is 0.178. The maximum atomic E-state index is 13.5. The second-order valence-electron chi connectivity index (χ2n) is 9.35. The molecule has 0 spiro atoms. The summed E-state index contributed by atoms with van der Waals surface area (Å²) in [5, 5.41) is 0. The van der Waals surface area contributed by atoms with Crippen LogP contribution < -0.4 is 4.90 Å². The third kappa shape index (κ3) is 4.41. The molecule has 38 heavy (non-hydrogen) atoms. The Hall–Kier alpha value is -4.84. The van der Waals surface area contributed by atoms with Crippen LogP contribution >= 0.6 is 0 Å². The van der Waals surface area contributed by atoms with Crippen LogP contribution in [0.2, 0.25) is 0 Å². The van der Waals surface area contributed by atoms with Gasteiger partial charge in [0.25, 0.3) is 11.8 Å². The van der Waals surface area contributed by atoms with Crippen molar-refractivity contribution in [3.05, 3.63) is 136 Å². The number of aryl methyl sites for hydroxylation is 3. The molecule has 0 saturated carbocycles. The molecule has 0 unspecified atom stereocenters. The standard InChI is InChI=1S/C32H25NO5/c1-19-13-15-23(17-21(19)3)28(34)29(22-9-5-4-6-10-22)38-32(37)24-16-14-20(2)27(18-24)33-30(35)25-11-7-8-12-26(25)31(33)36/h4-18,29H,1-3H3/t29-/m0/s1. The molecule has 0 N–H and O–H groups in total. The average Bonchev–Trinajstić information content (AvgIpc) is 3.18. The van der Waals surface area contributed by atoms with E-state index in [1.54, 1.807) is 79.7 Å². The van der Waals surface area contributed by atoms with Crippen LogP contribution in [0.3, 0.4) is 0 Å². The van der Waals surface area contributed by atoms with Gasteiger partial charge in [-0.3, -0.25) is 14.4 Å². The van der Waals surface area contributed by atoms with Crippen LogP contribution in [0.4, 0.5) is 5.69 Å². The van der Waals surface area contributed by atoms with Gasteiger partial charge in [0.1, 0.15) is 0 Å². The highest BCUT2D eigenvalue weighted by atomic mass is 16.5. The molecule has 6 heteroatoms. The summed E-state index contributed by atoms with van der Waals surface area (Å²) in [4.78, 5) is 54.1. The van der Waals surface area contributed by atoms with Crippen molar-refractivity contribution in [2.75, 3.05) is 4.90 Å². The van der Waals surface area contributed by atoms with E-state index in [0.717, 1.165) is 16.0 Å². The number of carbonyl (C=O) groups excluding carboxylic acids is 4. The summed E-state index contributed by atoms with van der Waals surface area (Å²) in [5.41, 5.74) is 4.66. The first kappa shape index (κ1) is 24.8. The van der Waals surface area contributed by atoms with Gasteiger partial charge < -0.3 is 4.74 Å². The lowest BCUT2D eigenvalue weighted by Crippen LogP contribution is -2.30. The minimum absolute atomic E-state index is 0.121. The van der Waals surface area contributed by atoms with Crippen LogP contribution in [0.25, 0.3) is 0 Å². The molecular weight excluding hydrogens is 478 g/mol. The minimum Gasteiger partial charge on any atom is -0.445 e. The summed E-state index contributed by atoms with van der Waals surface area (Å²) in [5.74, 6) is -1.99. The number of esters is 1. The Kier molecular flexibility index (Phi) is 6.47. The van der Waals surface area contributed by atoms with E-state index in [-0.39, 0.29) is 11.3 Å². The normalized spacial score (nSPS) is 13.3. The van der Waals surface area contributed by atoms with Gasteiger partial charge in [-0.15, -0.1) is 0 Å². The molecule has 0 aromatic heterocycles. The number of Topliss-reactive ketones (excluding diaryl/α,β-unsaturated/α-hetero) is 1. The van der Waals surface area contributed by atoms with Gasteiger partial charge in [-0.05, 0) is 67.8 Å². The number of imide groups is 1. The van der Waals surface area contributed by atoms with Gasteiger partial charge in [0.05, 0.1) is 22.4 Å². The van der Waals surface area contributed by atoms with E-state index in [1.165, 1.54) is 6.07 Å². The summed E-state index contributed by atoms with van der Waals surface area (Å²) in [6.45, 7) is 5.63. The predicted octanol–water partition coefficient (Wildman–Crippen LogP) is 6.19. The Bertz CT molecular complexity index is 1570. The molecule has 0 radical (unpaired) electrons. The second kappa shape index (κ2) is 9.90. The van der Waals surface area contributed by atoms with E-state index in [0.29, 0.717) is 33.5 Å². The number of fused-ring (bicyclic) bond motifs is 1. The molecule has 2 amide bonds.